The van der Waals surface area contributed by atoms with Gasteiger partial charge in [-0.2, -0.15) is 5.10 Å². The smallest absolute Gasteiger partial charge is 0.222 e. The Morgan fingerprint density at radius 1 is 1.06 bits per heavy atom. The minimum atomic E-state index is 0.127. The molecule has 0 aliphatic carbocycles. The summed E-state index contributed by atoms with van der Waals surface area (Å²) in [5.41, 5.74) is 7.26. The van der Waals surface area contributed by atoms with Crippen molar-refractivity contribution < 1.29 is 9.53 Å². The molecule has 7 nitrogen and oxygen atoms in total. The molecule has 2 aromatic heterocycles. The molecule has 4 aromatic rings. The van der Waals surface area contributed by atoms with Crippen molar-refractivity contribution in [3.05, 3.63) is 71.0 Å². The Morgan fingerprint density at radius 2 is 1.79 bits per heavy atom. The van der Waals surface area contributed by atoms with Crippen molar-refractivity contribution in [2.75, 3.05) is 38.3 Å². The number of ether oxygens (including phenoxy) is 1. The molecule has 5 rings (SSSR count). The Morgan fingerprint density at radius 3 is 2.56 bits per heavy atom. The van der Waals surface area contributed by atoms with Crippen LogP contribution in [0.2, 0.25) is 0 Å². The SMILES string of the molecule is Cc1nc2c3ccccc3nn2c(C)c1CCC(=O)N(C)Cc1ccc(N2CCOCC2)cc1. The third-order valence-electron chi connectivity index (χ3n) is 6.77. The first-order valence-corrected chi connectivity index (χ1v) is 11.9. The molecule has 2 aromatic carbocycles. The molecule has 0 spiro atoms. The van der Waals surface area contributed by atoms with Crippen molar-refractivity contribution in [3.8, 4) is 0 Å². The molecule has 0 saturated carbocycles. The fraction of sp³-hybridized carbons (Fsp3) is 0.370. The number of hydrogen-bond acceptors (Lipinski definition) is 5. The number of amides is 1. The number of carbonyl (C=O) groups excluding carboxylic acids is 1. The van der Waals surface area contributed by atoms with Gasteiger partial charge in [0.1, 0.15) is 0 Å². The minimum absolute atomic E-state index is 0.127. The predicted octanol–water partition coefficient (Wildman–Crippen LogP) is 3.93. The maximum absolute atomic E-state index is 12.9. The summed E-state index contributed by atoms with van der Waals surface area (Å²) >= 11 is 0. The summed E-state index contributed by atoms with van der Waals surface area (Å²) < 4.78 is 7.35. The maximum Gasteiger partial charge on any atom is 0.222 e. The summed E-state index contributed by atoms with van der Waals surface area (Å²) in [5.74, 6) is 0.127. The molecule has 1 aliphatic rings. The monoisotopic (exact) mass is 457 g/mol. The molecule has 0 unspecified atom stereocenters. The molecule has 0 radical (unpaired) electrons. The van der Waals surface area contributed by atoms with E-state index in [0.717, 1.165) is 65.4 Å². The normalized spacial score (nSPS) is 14.1. The van der Waals surface area contributed by atoms with Crippen molar-refractivity contribution in [2.24, 2.45) is 0 Å². The summed E-state index contributed by atoms with van der Waals surface area (Å²) in [5, 5.41) is 5.78. The van der Waals surface area contributed by atoms with Crippen molar-refractivity contribution in [3.63, 3.8) is 0 Å². The van der Waals surface area contributed by atoms with Crippen LogP contribution in [0.3, 0.4) is 0 Å². The molecule has 1 saturated heterocycles. The van der Waals surface area contributed by atoms with Gasteiger partial charge < -0.3 is 14.5 Å². The lowest BCUT2D eigenvalue weighted by Crippen LogP contribution is -2.36. The number of aryl methyl sites for hydroxylation is 2. The van der Waals surface area contributed by atoms with E-state index in [4.69, 9.17) is 14.8 Å². The highest BCUT2D eigenvalue weighted by molar-refractivity contribution is 5.92. The summed E-state index contributed by atoms with van der Waals surface area (Å²) in [6.07, 6.45) is 1.09. The zero-order chi connectivity index (χ0) is 23.7. The van der Waals surface area contributed by atoms with E-state index in [2.05, 4.69) is 42.2 Å². The summed E-state index contributed by atoms with van der Waals surface area (Å²) in [4.78, 5) is 21.9. The van der Waals surface area contributed by atoms with Gasteiger partial charge in [-0.15, -0.1) is 0 Å². The molecular formula is C27H31N5O2. The Kier molecular flexibility index (Phi) is 6.20. The van der Waals surface area contributed by atoms with Gasteiger partial charge in [0.15, 0.2) is 5.65 Å². The first-order valence-electron chi connectivity index (χ1n) is 11.9. The Bertz CT molecular complexity index is 1320. The number of morpholine rings is 1. The lowest BCUT2D eigenvalue weighted by molar-refractivity contribution is -0.130. The van der Waals surface area contributed by atoms with E-state index in [0.29, 0.717) is 19.4 Å². The third-order valence-corrected chi connectivity index (χ3v) is 6.77. The van der Waals surface area contributed by atoms with Crippen LogP contribution in [0.15, 0.2) is 48.5 Å². The number of anilines is 1. The number of hydrogen-bond donors (Lipinski definition) is 0. The average Bonchev–Trinajstić information content (AvgIpc) is 3.23. The van der Waals surface area contributed by atoms with E-state index in [9.17, 15) is 4.79 Å². The first-order chi connectivity index (χ1) is 16.5. The zero-order valence-electron chi connectivity index (χ0n) is 20.1. The average molecular weight is 458 g/mol. The van der Waals surface area contributed by atoms with Crippen LogP contribution in [0.25, 0.3) is 16.6 Å². The summed E-state index contributed by atoms with van der Waals surface area (Å²) in [7, 11) is 1.87. The molecular weight excluding hydrogens is 426 g/mol. The second kappa shape index (κ2) is 9.43. The number of aromatic nitrogens is 3. The van der Waals surface area contributed by atoms with E-state index in [1.165, 1.54) is 5.69 Å². The zero-order valence-corrected chi connectivity index (χ0v) is 20.1. The first kappa shape index (κ1) is 22.3. The fourth-order valence-corrected chi connectivity index (χ4v) is 4.76. The summed E-state index contributed by atoms with van der Waals surface area (Å²) in [6.45, 7) is 8.08. The number of fused-ring (bicyclic) bond motifs is 3. The molecule has 1 amide bonds. The topological polar surface area (TPSA) is 63.0 Å². The number of rotatable bonds is 6. The predicted molar refractivity (Wildman–Crippen MR) is 134 cm³/mol. The Labute approximate surface area is 199 Å². The second-order valence-corrected chi connectivity index (χ2v) is 9.03. The van der Waals surface area contributed by atoms with Crippen LogP contribution in [0.1, 0.15) is 28.9 Å². The van der Waals surface area contributed by atoms with Crippen LogP contribution < -0.4 is 4.90 Å². The van der Waals surface area contributed by atoms with Crippen LogP contribution in [0.5, 0.6) is 0 Å². The highest BCUT2D eigenvalue weighted by Gasteiger charge is 2.17. The number of nitrogens with zero attached hydrogens (tertiary/aromatic N) is 5. The van der Waals surface area contributed by atoms with Crippen LogP contribution in [0, 0.1) is 13.8 Å². The molecule has 0 N–H and O–H groups in total. The Hall–Kier alpha value is -3.45. The number of carbonyl (C=O) groups is 1. The summed E-state index contributed by atoms with van der Waals surface area (Å²) in [6, 6.07) is 16.6. The van der Waals surface area contributed by atoms with Crippen molar-refractivity contribution >= 4 is 28.1 Å². The van der Waals surface area contributed by atoms with Gasteiger partial charge in [-0.25, -0.2) is 9.50 Å². The quantitative estimate of drug-likeness (QED) is 0.439. The van der Waals surface area contributed by atoms with Gasteiger partial charge >= 0.3 is 0 Å². The van der Waals surface area contributed by atoms with Gasteiger partial charge in [0.25, 0.3) is 0 Å². The van der Waals surface area contributed by atoms with Crippen molar-refractivity contribution in [1.29, 1.82) is 0 Å². The van der Waals surface area contributed by atoms with E-state index >= 15 is 0 Å². The van der Waals surface area contributed by atoms with Crippen LogP contribution >= 0.6 is 0 Å². The molecule has 1 fully saturated rings. The molecule has 3 heterocycles. The Balaban J connectivity index is 1.24. The molecule has 0 atom stereocenters. The lowest BCUT2D eigenvalue weighted by atomic mass is 10.1. The fourth-order valence-electron chi connectivity index (χ4n) is 4.76. The maximum atomic E-state index is 12.9. The van der Waals surface area contributed by atoms with Crippen LogP contribution in [-0.4, -0.2) is 58.8 Å². The van der Waals surface area contributed by atoms with Gasteiger partial charge in [0, 0.05) is 55.6 Å². The van der Waals surface area contributed by atoms with E-state index < -0.39 is 0 Å². The third kappa shape index (κ3) is 4.35. The molecule has 176 valence electrons. The van der Waals surface area contributed by atoms with E-state index in [-0.39, 0.29) is 5.91 Å². The van der Waals surface area contributed by atoms with Gasteiger partial charge in [-0.3, -0.25) is 4.79 Å². The van der Waals surface area contributed by atoms with Gasteiger partial charge in [-0.05, 0) is 55.7 Å². The van der Waals surface area contributed by atoms with E-state index in [1.54, 1.807) is 0 Å². The van der Waals surface area contributed by atoms with Crippen molar-refractivity contribution in [2.45, 2.75) is 33.2 Å². The molecule has 34 heavy (non-hydrogen) atoms. The highest BCUT2D eigenvalue weighted by atomic mass is 16.5. The van der Waals surface area contributed by atoms with Gasteiger partial charge in [0.2, 0.25) is 5.91 Å². The molecule has 7 heteroatoms. The highest BCUT2D eigenvalue weighted by Crippen LogP contribution is 2.23. The van der Waals surface area contributed by atoms with Crippen LogP contribution in [-0.2, 0) is 22.5 Å². The largest absolute Gasteiger partial charge is 0.378 e. The second-order valence-electron chi connectivity index (χ2n) is 9.03. The van der Waals surface area contributed by atoms with Crippen LogP contribution in [0.4, 0.5) is 5.69 Å². The standard InChI is InChI=1S/C27H31N5O2/c1-19-23(20(2)32-27(28-19)24-6-4-5-7-25(24)29-32)12-13-26(33)30(3)18-21-8-10-22(11-9-21)31-14-16-34-17-15-31/h4-11H,12-18H2,1-3H3. The van der Waals surface area contributed by atoms with E-state index in [1.807, 2.05) is 41.6 Å². The molecule has 1 aliphatic heterocycles. The number of benzene rings is 2. The van der Waals surface area contributed by atoms with Crippen molar-refractivity contribution in [1.82, 2.24) is 19.5 Å². The minimum Gasteiger partial charge on any atom is -0.378 e. The molecule has 0 bridgehead atoms. The van der Waals surface area contributed by atoms with Gasteiger partial charge in [0.05, 0.1) is 18.7 Å². The lowest BCUT2D eigenvalue weighted by Gasteiger charge is -2.29. The van der Waals surface area contributed by atoms with Gasteiger partial charge in [-0.1, -0.05) is 24.3 Å².